The van der Waals surface area contributed by atoms with Gasteiger partial charge in [0.2, 0.25) is 11.8 Å². The predicted molar refractivity (Wildman–Crippen MR) is 114 cm³/mol. The molecule has 2 aromatic carbocycles. The summed E-state index contributed by atoms with van der Waals surface area (Å²) in [4.78, 5) is 38.1. The summed E-state index contributed by atoms with van der Waals surface area (Å²) in [5.74, 6) is -1.12. The van der Waals surface area contributed by atoms with Gasteiger partial charge in [0.25, 0.3) is 5.91 Å². The van der Waals surface area contributed by atoms with Gasteiger partial charge in [0, 0.05) is 24.1 Å². The third-order valence-corrected chi connectivity index (χ3v) is 6.83. The molecule has 1 aliphatic carbocycles. The molecule has 3 heterocycles. The number of imide groups is 1. The van der Waals surface area contributed by atoms with Gasteiger partial charge in [-0.3, -0.25) is 19.7 Å². The van der Waals surface area contributed by atoms with Crippen LogP contribution in [0.2, 0.25) is 0 Å². The molecule has 0 spiro atoms. The summed E-state index contributed by atoms with van der Waals surface area (Å²) < 4.78 is 15.9. The second-order valence-corrected chi connectivity index (χ2v) is 8.72. The molecule has 33 heavy (non-hydrogen) atoms. The van der Waals surface area contributed by atoms with Gasteiger partial charge in [-0.2, -0.15) is 0 Å². The summed E-state index contributed by atoms with van der Waals surface area (Å²) in [6.07, 6.45) is 3.83. The Morgan fingerprint density at radius 2 is 1.88 bits per heavy atom. The minimum atomic E-state index is -0.644. The van der Waals surface area contributed by atoms with E-state index >= 15 is 0 Å². The van der Waals surface area contributed by atoms with Crippen LogP contribution in [0.1, 0.15) is 52.4 Å². The fraction of sp³-hybridized carbons (Fsp3) is 0.292. The fourth-order valence-electron chi connectivity index (χ4n) is 5.16. The molecule has 3 aliphatic rings. The normalized spacial score (nSPS) is 21.8. The maximum absolute atomic E-state index is 14.1. The summed E-state index contributed by atoms with van der Waals surface area (Å²) in [7, 11) is 0. The average Bonchev–Trinajstić information content (AvgIpc) is 3.51. The van der Waals surface area contributed by atoms with E-state index in [0.717, 1.165) is 28.7 Å². The van der Waals surface area contributed by atoms with E-state index < -0.39 is 11.9 Å². The summed E-state index contributed by atoms with van der Waals surface area (Å²) in [6.45, 7) is 0.303. The van der Waals surface area contributed by atoms with Crippen LogP contribution in [0.3, 0.4) is 0 Å². The summed E-state index contributed by atoms with van der Waals surface area (Å²) in [5.41, 5.74) is 4.51. The monoisotopic (exact) mass is 445 g/mol. The van der Waals surface area contributed by atoms with Crippen LogP contribution in [0.4, 0.5) is 4.39 Å². The van der Waals surface area contributed by atoms with Crippen molar-refractivity contribution in [2.45, 2.75) is 44.3 Å². The predicted octanol–water partition coefficient (Wildman–Crippen LogP) is 2.38. The van der Waals surface area contributed by atoms with E-state index in [1.54, 1.807) is 16.8 Å². The minimum absolute atomic E-state index is 0.0593. The SMILES string of the molecule is O=C1CCC(N2Cc3cc(-c4cn([C@@H]5CCc6c(F)cccc65)nn4)ccc3C2=O)C(=O)N1. The van der Waals surface area contributed by atoms with Crippen molar-refractivity contribution >= 4 is 17.7 Å². The van der Waals surface area contributed by atoms with Gasteiger partial charge in [-0.1, -0.05) is 23.4 Å². The van der Waals surface area contributed by atoms with Crippen LogP contribution in [0.5, 0.6) is 0 Å². The zero-order valence-corrected chi connectivity index (χ0v) is 17.6. The molecule has 2 atom stereocenters. The van der Waals surface area contributed by atoms with Crippen molar-refractivity contribution in [3.05, 3.63) is 70.7 Å². The quantitative estimate of drug-likeness (QED) is 0.625. The largest absolute Gasteiger partial charge is 0.322 e. The number of amides is 3. The maximum atomic E-state index is 14.1. The molecule has 1 N–H and O–H groups in total. The zero-order valence-electron chi connectivity index (χ0n) is 17.6. The van der Waals surface area contributed by atoms with Crippen LogP contribution in [0.15, 0.2) is 42.6 Å². The standard InChI is InChI=1S/C24H20FN5O3/c25-18-3-1-2-17-16(18)6-7-20(17)30-12-19(27-28-30)13-4-5-15-14(10-13)11-29(24(15)33)21-8-9-22(31)26-23(21)32/h1-5,10,12,20-21H,6-9,11H2,(H,26,31,32)/t20-,21?/m1/s1. The van der Waals surface area contributed by atoms with Crippen LogP contribution in [0, 0.1) is 5.82 Å². The van der Waals surface area contributed by atoms with Gasteiger partial charge in [0.1, 0.15) is 17.6 Å². The van der Waals surface area contributed by atoms with E-state index in [-0.39, 0.29) is 30.1 Å². The molecule has 1 aromatic heterocycles. The van der Waals surface area contributed by atoms with Gasteiger partial charge < -0.3 is 4.90 Å². The number of benzene rings is 2. The highest BCUT2D eigenvalue weighted by Crippen LogP contribution is 2.36. The van der Waals surface area contributed by atoms with Gasteiger partial charge in [0.15, 0.2) is 0 Å². The molecule has 166 valence electrons. The Kier molecular flexibility index (Phi) is 4.39. The number of aromatic nitrogens is 3. The van der Waals surface area contributed by atoms with Crippen molar-refractivity contribution in [3.8, 4) is 11.3 Å². The number of rotatable bonds is 3. The van der Waals surface area contributed by atoms with Crippen molar-refractivity contribution in [2.75, 3.05) is 0 Å². The summed E-state index contributed by atoms with van der Waals surface area (Å²) in [6, 6.07) is 9.90. The first kappa shape index (κ1) is 19.8. The third-order valence-electron chi connectivity index (χ3n) is 6.83. The van der Waals surface area contributed by atoms with E-state index in [4.69, 9.17) is 0 Å². The Morgan fingerprint density at radius 1 is 1.03 bits per heavy atom. The molecule has 3 amide bonds. The molecule has 9 heteroatoms. The second-order valence-electron chi connectivity index (χ2n) is 8.72. The Balaban J connectivity index is 1.26. The number of nitrogens with zero attached hydrogens (tertiary/aromatic N) is 4. The van der Waals surface area contributed by atoms with Gasteiger partial charge in [-0.15, -0.1) is 5.10 Å². The van der Waals surface area contributed by atoms with Gasteiger partial charge in [-0.25, -0.2) is 9.07 Å². The first-order valence-corrected chi connectivity index (χ1v) is 11.0. The molecule has 1 unspecified atom stereocenters. The first-order valence-electron chi connectivity index (χ1n) is 11.0. The number of carbonyl (C=O) groups excluding carboxylic acids is 3. The number of carbonyl (C=O) groups is 3. The van der Waals surface area contributed by atoms with Crippen molar-refractivity contribution < 1.29 is 18.8 Å². The van der Waals surface area contributed by atoms with Crippen molar-refractivity contribution in [3.63, 3.8) is 0 Å². The van der Waals surface area contributed by atoms with Crippen molar-refractivity contribution in [1.82, 2.24) is 25.2 Å². The molecular formula is C24H20FN5O3. The highest BCUT2D eigenvalue weighted by molar-refractivity contribution is 6.05. The van der Waals surface area contributed by atoms with Crippen LogP contribution < -0.4 is 5.32 Å². The number of fused-ring (bicyclic) bond motifs is 2. The molecule has 0 saturated carbocycles. The third kappa shape index (κ3) is 3.14. The highest BCUT2D eigenvalue weighted by Gasteiger charge is 2.39. The lowest BCUT2D eigenvalue weighted by Gasteiger charge is -2.29. The first-order chi connectivity index (χ1) is 16.0. The highest BCUT2D eigenvalue weighted by atomic mass is 19.1. The molecule has 2 aliphatic heterocycles. The van der Waals surface area contributed by atoms with Crippen LogP contribution in [0.25, 0.3) is 11.3 Å². The molecule has 8 nitrogen and oxygen atoms in total. The van der Waals surface area contributed by atoms with Crippen LogP contribution >= 0.6 is 0 Å². The smallest absolute Gasteiger partial charge is 0.255 e. The van der Waals surface area contributed by atoms with E-state index in [0.29, 0.717) is 30.6 Å². The number of hydrogen-bond acceptors (Lipinski definition) is 5. The number of halogens is 1. The van der Waals surface area contributed by atoms with Crippen LogP contribution in [-0.2, 0) is 22.6 Å². The molecule has 6 rings (SSSR count). The topological polar surface area (TPSA) is 97.2 Å². The molecule has 1 saturated heterocycles. The van der Waals surface area contributed by atoms with Crippen molar-refractivity contribution in [1.29, 1.82) is 0 Å². The Labute approximate surface area is 188 Å². The molecule has 0 radical (unpaired) electrons. The van der Waals surface area contributed by atoms with Crippen molar-refractivity contribution in [2.24, 2.45) is 0 Å². The minimum Gasteiger partial charge on any atom is -0.322 e. The number of piperidine rings is 1. The number of hydrogen-bond donors (Lipinski definition) is 1. The van der Waals surface area contributed by atoms with Gasteiger partial charge in [0.05, 0.1) is 12.2 Å². The average molecular weight is 445 g/mol. The van der Waals surface area contributed by atoms with Gasteiger partial charge >= 0.3 is 0 Å². The summed E-state index contributed by atoms with van der Waals surface area (Å²) >= 11 is 0. The van der Waals surface area contributed by atoms with E-state index in [9.17, 15) is 18.8 Å². The van der Waals surface area contributed by atoms with E-state index in [2.05, 4.69) is 15.6 Å². The molecule has 0 bridgehead atoms. The zero-order chi connectivity index (χ0) is 22.7. The number of nitrogens with one attached hydrogen (secondary N) is 1. The van der Waals surface area contributed by atoms with Gasteiger partial charge in [-0.05, 0) is 54.2 Å². The summed E-state index contributed by atoms with van der Waals surface area (Å²) in [5, 5.41) is 10.9. The van der Waals surface area contributed by atoms with E-state index in [1.165, 1.54) is 11.0 Å². The van der Waals surface area contributed by atoms with E-state index in [1.807, 2.05) is 24.4 Å². The Morgan fingerprint density at radius 3 is 2.73 bits per heavy atom. The lowest BCUT2D eigenvalue weighted by Crippen LogP contribution is -2.52. The van der Waals surface area contributed by atoms with Crippen LogP contribution in [-0.4, -0.2) is 43.7 Å². The second kappa shape index (κ2) is 7.33. The fourth-order valence-corrected chi connectivity index (χ4v) is 5.16. The molecule has 1 fully saturated rings. The lowest BCUT2D eigenvalue weighted by molar-refractivity contribution is -0.136. The maximum Gasteiger partial charge on any atom is 0.255 e. The molecule has 3 aromatic rings. The Bertz CT molecular complexity index is 1330. The molecular weight excluding hydrogens is 425 g/mol. The Hall–Kier alpha value is -3.88. The lowest BCUT2D eigenvalue weighted by atomic mass is 10.0.